The maximum Gasteiger partial charge on any atom is 0.317 e. The molecule has 1 saturated heterocycles. The number of carbonyl (C=O) groups excluding carboxylic acids is 2. The predicted molar refractivity (Wildman–Crippen MR) is 153 cm³/mol. The van der Waals surface area contributed by atoms with Gasteiger partial charge in [-0.25, -0.2) is 9.18 Å². The van der Waals surface area contributed by atoms with Gasteiger partial charge in [-0.3, -0.25) is 4.79 Å². The lowest BCUT2D eigenvalue weighted by Gasteiger charge is -2.35. The third kappa shape index (κ3) is 5.59. The molecule has 1 aliphatic heterocycles. The van der Waals surface area contributed by atoms with Crippen LogP contribution in [0.25, 0.3) is 21.9 Å². The minimum Gasteiger partial charge on any atom is -0.351 e. The zero-order valence-electron chi connectivity index (χ0n) is 22.4. The fourth-order valence-corrected chi connectivity index (χ4v) is 5.06. The summed E-state index contributed by atoms with van der Waals surface area (Å²) in [7, 11) is 0. The third-order valence-corrected chi connectivity index (χ3v) is 7.59. The maximum atomic E-state index is 13.1. The molecule has 40 heavy (non-hydrogen) atoms. The Bertz CT molecular complexity index is 1560. The van der Waals surface area contributed by atoms with E-state index in [4.69, 9.17) is 0 Å². The Labute approximate surface area is 232 Å². The van der Waals surface area contributed by atoms with Gasteiger partial charge in [0.15, 0.2) is 5.82 Å². The molecular weight excluding hydrogens is 507 g/mol. The molecule has 0 bridgehead atoms. The second-order valence-corrected chi connectivity index (χ2v) is 10.5. The highest BCUT2D eigenvalue weighted by molar-refractivity contribution is 5.98. The maximum absolute atomic E-state index is 13.1. The second-order valence-electron chi connectivity index (χ2n) is 10.5. The Morgan fingerprint density at radius 2 is 1.75 bits per heavy atom. The van der Waals surface area contributed by atoms with Crippen molar-refractivity contribution in [3.8, 4) is 11.1 Å². The van der Waals surface area contributed by atoms with Crippen molar-refractivity contribution in [2.75, 3.05) is 31.1 Å². The third-order valence-electron chi connectivity index (χ3n) is 7.59. The highest BCUT2D eigenvalue weighted by atomic mass is 19.1. The van der Waals surface area contributed by atoms with Crippen molar-refractivity contribution in [1.29, 1.82) is 0 Å². The van der Waals surface area contributed by atoms with Crippen molar-refractivity contribution in [2.45, 2.75) is 32.4 Å². The SMILES string of the molecule is Cc1ccc(C(=O)NC2CC2)cc1-c1ccc2c(N3CCN(C(=O)NCc4ccc(F)cc4)CC3)nncc2c1. The van der Waals surface area contributed by atoms with E-state index in [-0.39, 0.29) is 17.8 Å². The molecular formula is C31H31FN6O2. The first kappa shape index (κ1) is 25.7. The normalized spacial score (nSPS) is 15.2. The van der Waals surface area contributed by atoms with Crippen molar-refractivity contribution in [3.05, 3.63) is 89.4 Å². The first-order chi connectivity index (χ1) is 19.4. The molecule has 8 nitrogen and oxygen atoms in total. The molecule has 2 N–H and O–H groups in total. The monoisotopic (exact) mass is 538 g/mol. The van der Waals surface area contributed by atoms with Crippen LogP contribution in [-0.4, -0.2) is 59.3 Å². The predicted octanol–water partition coefficient (Wildman–Crippen LogP) is 4.67. The van der Waals surface area contributed by atoms with Gasteiger partial charge in [0.25, 0.3) is 5.91 Å². The highest BCUT2D eigenvalue weighted by Gasteiger charge is 2.25. The number of halogens is 1. The van der Waals surface area contributed by atoms with Gasteiger partial charge in [-0.2, -0.15) is 5.10 Å². The number of carbonyl (C=O) groups is 2. The number of hydrogen-bond acceptors (Lipinski definition) is 5. The lowest BCUT2D eigenvalue weighted by Crippen LogP contribution is -2.52. The van der Waals surface area contributed by atoms with Gasteiger partial charge in [-0.15, -0.1) is 5.10 Å². The van der Waals surface area contributed by atoms with Gasteiger partial charge in [-0.05, 0) is 78.4 Å². The Balaban J connectivity index is 1.14. The number of amides is 3. The number of piperazine rings is 1. The lowest BCUT2D eigenvalue weighted by atomic mass is 9.96. The fourth-order valence-electron chi connectivity index (χ4n) is 5.06. The summed E-state index contributed by atoms with van der Waals surface area (Å²) in [5.74, 6) is 0.474. The largest absolute Gasteiger partial charge is 0.351 e. The van der Waals surface area contributed by atoms with Gasteiger partial charge in [0.1, 0.15) is 5.82 Å². The van der Waals surface area contributed by atoms with Gasteiger partial charge < -0.3 is 20.4 Å². The van der Waals surface area contributed by atoms with Crippen LogP contribution in [0.4, 0.5) is 15.0 Å². The smallest absolute Gasteiger partial charge is 0.317 e. The summed E-state index contributed by atoms with van der Waals surface area (Å²) in [6.45, 7) is 4.78. The molecule has 204 valence electrons. The van der Waals surface area contributed by atoms with Crippen LogP contribution in [0.15, 0.2) is 66.9 Å². The molecule has 0 unspecified atom stereocenters. The number of aromatic nitrogens is 2. The van der Waals surface area contributed by atoms with Crippen molar-refractivity contribution >= 4 is 28.5 Å². The van der Waals surface area contributed by atoms with Gasteiger partial charge in [0.05, 0.1) is 6.20 Å². The average molecular weight is 539 g/mol. The van der Waals surface area contributed by atoms with E-state index in [1.807, 2.05) is 25.1 Å². The number of rotatable bonds is 6. The molecule has 2 fully saturated rings. The molecule has 2 aliphatic rings. The van der Waals surface area contributed by atoms with E-state index in [2.05, 4.69) is 43.9 Å². The summed E-state index contributed by atoms with van der Waals surface area (Å²) >= 11 is 0. The Hall–Kier alpha value is -4.53. The molecule has 3 amide bonds. The topological polar surface area (TPSA) is 90.5 Å². The highest BCUT2D eigenvalue weighted by Crippen LogP contribution is 2.31. The van der Waals surface area contributed by atoms with Crippen LogP contribution < -0.4 is 15.5 Å². The molecule has 2 heterocycles. The van der Waals surface area contributed by atoms with Gasteiger partial charge in [0, 0.05) is 55.1 Å². The molecule has 0 radical (unpaired) electrons. The Kier molecular flexibility index (Phi) is 7.02. The number of benzene rings is 3. The first-order valence-electron chi connectivity index (χ1n) is 13.6. The molecule has 0 atom stereocenters. The summed E-state index contributed by atoms with van der Waals surface area (Å²) < 4.78 is 13.1. The van der Waals surface area contributed by atoms with Crippen LogP contribution in [0.3, 0.4) is 0 Å². The van der Waals surface area contributed by atoms with Crippen molar-refractivity contribution < 1.29 is 14.0 Å². The fraction of sp³-hybridized carbons (Fsp3) is 0.290. The lowest BCUT2D eigenvalue weighted by molar-refractivity contribution is 0.0951. The molecule has 1 aliphatic carbocycles. The van der Waals surface area contributed by atoms with Crippen LogP contribution >= 0.6 is 0 Å². The molecule has 1 saturated carbocycles. The van der Waals surface area contributed by atoms with E-state index >= 15 is 0 Å². The quantitative estimate of drug-likeness (QED) is 0.373. The van der Waals surface area contributed by atoms with Crippen LogP contribution in [0, 0.1) is 12.7 Å². The number of urea groups is 1. The number of hydrogen-bond donors (Lipinski definition) is 2. The van der Waals surface area contributed by atoms with E-state index < -0.39 is 0 Å². The molecule has 1 aromatic heterocycles. The van der Waals surface area contributed by atoms with Gasteiger partial charge in [0.2, 0.25) is 0 Å². The number of nitrogens with zero attached hydrogens (tertiary/aromatic N) is 4. The zero-order chi connectivity index (χ0) is 27.6. The van der Waals surface area contributed by atoms with E-state index in [1.54, 1.807) is 23.2 Å². The van der Waals surface area contributed by atoms with Gasteiger partial charge >= 0.3 is 6.03 Å². The number of fused-ring (bicyclic) bond motifs is 1. The minimum absolute atomic E-state index is 0.0269. The van der Waals surface area contributed by atoms with Crippen LogP contribution in [0.1, 0.15) is 34.3 Å². The summed E-state index contributed by atoms with van der Waals surface area (Å²) in [5.41, 5.74) is 4.65. The first-order valence-corrected chi connectivity index (χ1v) is 13.6. The molecule has 0 spiro atoms. The summed E-state index contributed by atoms with van der Waals surface area (Å²) in [6, 6.07) is 18.4. The van der Waals surface area contributed by atoms with Gasteiger partial charge in [-0.1, -0.05) is 24.3 Å². The molecule has 4 aromatic rings. The standard InChI is InChI=1S/C31H31FN6O2/c1-20-2-5-23(30(39)35-26-9-10-26)17-28(20)22-6-11-27-24(16-22)19-34-36-29(27)37-12-14-38(15-13-37)31(40)33-18-21-3-7-25(32)8-4-21/h2-8,11,16-17,19,26H,9-10,12-15,18H2,1H3,(H,33,40)(H,35,39). The number of anilines is 1. The minimum atomic E-state index is -0.295. The average Bonchev–Trinajstić information content (AvgIpc) is 3.80. The van der Waals surface area contributed by atoms with E-state index in [0.717, 1.165) is 51.7 Å². The summed E-state index contributed by atoms with van der Waals surface area (Å²) in [6.07, 6.45) is 3.87. The molecule has 3 aromatic carbocycles. The zero-order valence-corrected chi connectivity index (χ0v) is 22.4. The summed E-state index contributed by atoms with van der Waals surface area (Å²) in [5, 5.41) is 16.7. The van der Waals surface area contributed by atoms with Crippen molar-refractivity contribution in [2.24, 2.45) is 0 Å². The number of nitrogens with one attached hydrogen (secondary N) is 2. The van der Waals surface area contributed by atoms with Crippen LogP contribution in [-0.2, 0) is 6.54 Å². The summed E-state index contributed by atoms with van der Waals surface area (Å²) in [4.78, 5) is 29.3. The second kappa shape index (κ2) is 10.9. The van der Waals surface area contributed by atoms with Crippen LogP contribution in [0.2, 0.25) is 0 Å². The Morgan fingerprint density at radius 3 is 2.50 bits per heavy atom. The van der Waals surface area contributed by atoms with Crippen molar-refractivity contribution in [1.82, 2.24) is 25.7 Å². The van der Waals surface area contributed by atoms with Crippen LogP contribution in [0.5, 0.6) is 0 Å². The van der Waals surface area contributed by atoms with E-state index in [0.29, 0.717) is 44.3 Å². The van der Waals surface area contributed by atoms with Crippen molar-refractivity contribution in [3.63, 3.8) is 0 Å². The molecule has 9 heteroatoms. The number of aryl methyl sites for hydroxylation is 1. The van der Waals surface area contributed by atoms with E-state index in [1.165, 1.54) is 12.1 Å². The van der Waals surface area contributed by atoms with E-state index in [9.17, 15) is 14.0 Å². The molecule has 6 rings (SSSR count). The Morgan fingerprint density at radius 1 is 0.975 bits per heavy atom.